The predicted octanol–water partition coefficient (Wildman–Crippen LogP) is 6.75. The molecule has 4 nitrogen and oxygen atoms in total. The van der Waals surface area contributed by atoms with Crippen LogP contribution in [-0.2, 0) is 11.3 Å². The highest BCUT2D eigenvalue weighted by molar-refractivity contribution is 5.86. The minimum absolute atomic E-state index is 0.0616. The summed E-state index contributed by atoms with van der Waals surface area (Å²) in [5.74, 6) is 1.65. The fourth-order valence-corrected chi connectivity index (χ4v) is 4.76. The Labute approximate surface area is 208 Å². The van der Waals surface area contributed by atoms with Gasteiger partial charge in [-0.15, -0.1) is 0 Å². The average molecular weight is 469 g/mol. The maximum Gasteiger partial charge on any atom is 0.220 e. The van der Waals surface area contributed by atoms with Crippen LogP contribution in [0.3, 0.4) is 0 Å². The van der Waals surface area contributed by atoms with Crippen LogP contribution in [0, 0.1) is 5.92 Å². The summed E-state index contributed by atoms with van der Waals surface area (Å²) < 4.78 is 7.63. The Hall–Kier alpha value is -3.53. The average Bonchev–Trinajstić information content (AvgIpc) is 3.24. The summed E-state index contributed by atoms with van der Waals surface area (Å²) in [5.41, 5.74) is 4.87. The molecule has 4 aromatic rings. The first-order valence-electron chi connectivity index (χ1n) is 12.5. The first-order valence-corrected chi connectivity index (χ1v) is 12.5. The number of carbonyl (C=O) groups is 1. The molecule has 4 heteroatoms. The van der Waals surface area contributed by atoms with Gasteiger partial charge in [-0.25, -0.2) is 0 Å². The SMILES string of the molecule is COc1ccc(Cn2cc([C@H](CC(=O)NCC(C)C)[C@@H](C)c3ccccc3)c3ccccc32)cc1. The van der Waals surface area contributed by atoms with Crippen molar-refractivity contribution in [3.8, 4) is 5.75 Å². The second kappa shape index (κ2) is 11.3. The Morgan fingerprint density at radius 1 is 0.914 bits per heavy atom. The van der Waals surface area contributed by atoms with Crippen molar-refractivity contribution in [1.29, 1.82) is 0 Å². The van der Waals surface area contributed by atoms with Crippen molar-refractivity contribution in [3.63, 3.8) is 0 Å². The van der Waals surface area contributed by atoms with E-state index >= 15 is 0 Å². The van der Waals surface area contributed by atoms with Crippen LogP contribution >= 0.6 is 0 Å². The van der Waals surface area contributed by atoms with Crippen LogP contribution in [-0.4, -0.2) is 24.1 Å². The number of hydrogen-bond acceptors (Lipinski definition) is 2. The minimum atomic E-state index is 0.0616. The first kappa shape index (κ1) is 24.6. The van der Waals surface area contributed by atoms with Gasteiger partial charge in [0.25, 0.3) is 0 Å². The van der Waals surface area contributed by atoms with Gasteiger partial charge in [0, 0.05) is 42.5 Å². The van der Waals surface area contributed by atoms with E-state index < -0.39 is 0 Å². The third-order valence-electron chi connectivity index (χ3n) is 6.77. The van der Waals surface area contributed by atoms with Crippen LogP contribution in [0.2, 0.25) is 0 Å². The molecule has 0 bridgehead atoms. The van der Waals surface area contributed by atoms with E-state index in [1.807, 2.05) is 18.2 Å². The highest BCUT2D eigenvalue weighted by Gasteiger charge is 2.27. The second-order valence-electron chi connectivity index (χ2n) is 9.79. The number of fused-ring (bicyclic) bond motifs is 1. The van der Waals surface area contributed by atoms with Gasteiger partial charge in [0.2, 0.25) is 5.91 Å². The third kappa shape index (κ3) is 5.94. The lowest BCUT2D eigenvalue weighted by molar-refractivity contribution is -0.121. The van der Waals surface area contributed by atoms with Crippen molar-refractivity contribution < 1.29 is 9.53 Å². The second-order valence-corrected chi connectivity index (χ2v) is 9.79. The zero-order chi connectivity index (χ0) is 24.8. The Bertz CT molecular complexity index is 1240. The molecule has 1 amide bonds. The van der Waals surface area contributed by atoms with Crippen molar-refractivity contribution >= 4 is 16.8 Å². The quantitative estimate of drug-likeness (QED) is 0.280. The summed E-state index contributed by atoms with van der Waals surface area (Å²) in [7, 11) is 1.69. The van der Waals surface area contributed by atoms with Gasteiger partial charge in [0.05, 0.1) is 7.11 Å². The maximum absolute atomic E-state index is 13.0. The number of nitrogens with one attached hydrogen (secondary N) is 1. The number of ether oxygens (including phenoxy) is 1. The van der Waals surface area contributed by atoms with Crippen LogP contribution in [0.1, 0.15) is 55.7 Å². The molecule has 4 rings (SSSR count). The number of benzene rings is 3. The summed E-state index contributed by atoms with van der Waals surface area (Å²) in [6, 6.07) is 27.3. The summed E-state index contributed by atoms with van der Waals surface area (Å²) >= 11 is 0. The Morgan fingerprint density at radius 2 is 1.60 bits per heavy atom. The van der Waals surface area contributed by atoms with Gasteiger partial charge in [-0.3, -0.25) is 4.79 Å². The predicted molar refractivity (Wildman–Crippen MR) is 144 cm³/mol. The zero-order valence-corrected chi connectivity index (χ0v) is 21.2. The zero-order valence-electron chi connectivity index (χ0n) is 21.2. The molecule has 0 radical (unpaired) electrons. The van der Waals surface area contributed by atoms with Gasteiger partial charge in [-0.1, -0.05) is 81.4 Å². The Morgan fingerprint density at radius 3 is 2.29 bits per heavy atom. The number of rotatable bonds is 10. The minimum Gasteiger partial charge on any atom is -0.497 e. The number of carbonyl (C=O) groups excluding carboxylic acids is 1. The molecule has 1 heterocycles. The van der Waals surface area contributed by atoms with E-state index in [4.69, 9.17) is 4.74 Å². The lowest BCUT2D eigenvalue weighted by Gasteiger charge is -2.24. The molecule has 1 aromatic heterocycles. The van der Waals surface area contributed by atoms with Crippen molar-refractivity contribution in [1.82, 2.24) is 9.88 Å². The fraction of sp³-hybridized carbons (Fsp3) is 0.323. The summed E-state index contributed by atoms with van der Waals surface area (Å²) in [6.07, 6.45) is 2.72. The van der Waals surface area contributed by atoms with E-state index in [0.717, 1.165) is 12.3 Å². The van der Waals surface area contributed by atoms with E-state index in [1.54, 1.807) is 7.11 Å². The standard InChI is InChI=1S/C31H36N2O2/c1-22(2)19-32-31(34)18-28(23(3)25-10-6-5-7-11-25)29-21-33(30-13-9-8-12-27(29)30)20-24-14-16-26(35-4)17-15-24/h5-17,21-23,28H,18-20H2,1-4H3,(H,32,34)/t23-,28+/m0/s1. The molecule has 182 valence electrons. The van der Waals surface area contributed by atoms with Crippen molar-refractivity contribution in [2.24, 2.45) is 5.92 Å². The molecule has 0 saturated carbocycles. The fourth-order valence-electron chi connectivity index (χ4n) is 4.76. The van der Waals surface area contributed by atoms with Gasteiger partial charge < -0.3 is 14.6 Å². The normalized spacial score (nSPS) is 13.1. The topological polar surface area (TPSA) is 43.3 Å². The summed E-state index contributed by atoms with van der Waals surface area (Å²) in [5, 5.41) is 4.35. The number of para-hydroxylation sites is 1. The van der Waals surface area contributed by atoms with Crippen LogP contribution in [0.15, 0.2) is 85.1 Å². The lowest BCUT2D eigenvalue weighted by atomic mass is 9.80. The molecule has 0 saturated heterocycles. The highest BCUT2D eigenvalue weighted by Crippen LogP contribution is 2.40. The number of hydrogen-bond donors (Lipinski definition) is 1. The smallest absolute Gasteiger partial charge is 0.220 e. The molecule has 35 heavy (non-hydrogen) atoms. The largest absolute Gasteiger partial charge is 0.497 e. The number of nitrogens with zero attached hydrogens (tertiary/aromatic N) is 1. The van der Waals surface area contributed by atoms with Crippen LogP contribution < -0.4 is 10.1 Å². The van der Waals surface area contributed by atoms with E-state index in [0.29, 0.717) is 18.9 Å². The molecule has 3 aromatic carbocycles. The van der Waals surface area contributed by atoms with E-state index in [1.165, 1.54) is 27.6 Å². The molecule has 2 atom stereocenters. The summed E-state index contributed by atoms with van der Waals surface area (Å²) in [4.78, 5) is 13.0. The van der Waals surface area contributed by atoms with Crippen molar-refractivity contribution in [2.75, 3.05) is 13.7 Å². The van der Waals surface area contributed by atoms with Gasteiger partial charge in [-0.2, -0.15) is 0 Å². The van der Waals surface area contributed by atoms with E-state index in [9.17, 15) is 4.79 Å². The Kier molecular flexibility index (Phi) is 7.91. The number of aromatic nitrogens is 1. The number of amides is 1. The maximum atomic E-state index is 13.0. The summed E-state index contributed by atoms with van der Waals surface area (Å²) in [6.45, 7) is 7.95. The van der Waals surface area contributed by atoms with Gasteiger partial charge >= 0.3 is 0 Å². The van der Waals surface area contributed by atoms with E-state index in [2.05, 4.69) is 97.5 Å². The van der Waals surface area contributed by atoms with Crippen LogP contribution in [0.4, 0.5) is 0 Å². The lowest BCUT2D eigenvalue weighted by Crippen LogP contribution is -2.29. The van der Waals surface area contributed by atoms with Gasteiger partial charge in [0.15, 0.2) is 0 Å². The molecular formula is C31H36N2O2. The molecule has 0 aliphatic rings. The molecule has 1 N–H and O–H groups in total. The molecular weight excluding hydrogens is 432 g/mol. The van der Waals surface area contributed by atoms with E-state index in [-0.39, 0.29) is 17.7 Å². The number of methoxy groups -OCH3 is 1. The van der Waals surface area contributed by atoms with Crippen molar-refractivity contribution in [2.45, 2.75) is 45.6 Å². The van der Waals surface area contributed by atoms with Crippen LogP contribution in [0.25, 0.3) is 10.9 Å². The molecule has 0 spiro atoms. The van der Waals surface area contributed by atoms with Gasteiger partial charge in [0.1, 0.15) is 5.75 Å². The molecule has 0 unspecified atom stereocenters. The highest BCUT2D eigenvalue weighted by atomic mass is 16.5. The first-order chi connectivity index (χ1) is 17.0. The van der Waals surface area contributed by atoms with Crippen molar-refractivity contribution in [3.05, 3.63) is 102 Å². The molecule has 0 fully saturated rings. The monoisotopic (exact) mass is 468 g/mol. The third-order valence-corrected chi connectivity index (χ3v) is 6.77. The molecule has 0 aliphatic heterocycles. The van der Waals surface area contributed by atoms with Gasteiger partial charge in [-0.05, 0) is 46.7 Å². The molecule has 0 aliphatic carbocycles. The van der Waals surface area contributed by atoms with Crippen LogP contribution in [0.5, 0.6) is 5.75 Å². The Balaban J connectivity index is 1.72.